The number of hydrogen-bond acceptors (Lipinski definition) is 3. The average molecular weight is 373 g/mol. The van der Waals surface area contributed by atoms with Gasteiger partial charge in [-0.2, -0.15) is 14.9 Å². The lowest BCUT2D eigenvalue weighted by Crippen LogP contribution is -1.95. The summed E-state index contributed by atoms with van der Waals surface area (Å²) in [7, 11) is 0. The van der Waals surface area contributed by atoms with Gasteiger partial charge in [0.1, 0.15) is 0 Å². The van der Waals surface area contributed by atoms with Crippen molar-refractivity contribution >= 4 is 34.4 Å². The maximum absolute atomic E-state index is 5.27. The van der Waals surface area contributed by atoms with Gasteiger partial charge in [0.15, 0.2) is 5.82 Å². The van der Waals surface area contributed by atoms with Gasteiger partial charge >= 0.3 is 0 Å². The molecule has 1 aromatic heterocycles. The number of nitrogens with zero attached hydrogens (tertiary/aromatic N) is 3. The van der Waals surface area contributed by atoms with Crippen LogP contribution in [-0.2, 0) is 0 Å². The SMILES string of the molecule is Cc1ccc(C=Nn2c(-c3ccccc3Br)n[nH]c2=S)cc1. The lowest BCUT2D eigenvalue weighted by molar-refractivity contribution is 0.871. The minimum Gasteiger partial charge on any atom is -0.250 e. The second-order valence-electron chi connectivity index (χ2n) is 4.80. The summed E-state index contributed by atoms with van der Waals surface area (Å²) in [5.74, 6) is 0.667. The average Bonchev–Trinajstić information content (AvgIpc) is 2.88. The third kappa shape index (κ3) is 3.08. The molecule has 1 N–H and O–H groups in total. The molecule has 0 fully saturated rings. The predicted molar refractivity (Wildman–Crippen MR) is 94.7 cm³/mol. The van der Waals surface area contributed by atoms with Crippen LogP contribution in [0, 0.1) is 11.7 Å². The molecule has 0 saturated heterocycles. The van der Waals surface area contributed by atoms with Crippen LogP contribution in [0.5, 0.6) is 0 Å². The zero-order chi connectivity index (χ0) is 15.5. The molecule has 0 aliphatic carbocycles. The quantitative estimate of drug-likeness (QED) is 0.540. The van der Waals surface area contributed by atoms with Gasteiger partial charge in [0, 0.05) is 10.0 Å². The Morgan fingerprint density at radius 1 is 1.18 bits per heavy atom. The van der Waals surface area contributed by atoms with Gasteiger partial charge in [-0.1, -0.05) is 57.9 Å². The standard InChI is InChI=1S/C16H13BrN4S/c1-11-6-8-12(9-7-11)10-18-21-15(19-20-16(21)22)13-4-2-3-5-14(13)17/h2-10H,1H3,(H,20,22). The summed E-state index contributed by atoms with van der Waals surface area (Å²) in [6, 6.07) is 15.9. The number of H-pyrrole nitrogens is 1. The largest absolute Gasteiger partial charge is 0.250 e. The van der Waals surface area contributed by atoms with E-state index in [1.54, 1.807) is 10.9 Å². The molecule has 0 spiro atoms. The third-order valence-corrected chi connectivity index (χ3v) is 4.12. The van der Waals surface area contributed by atoms with Gasteiger partial charge in [0.2, 0.25) is 4.77 Å². The lowest BCUT2D eigenvalue weighted by Gasteiger charge is -2.03. The highest BCUT2D eigenvalue weighted by atomic mass is 79.9. The molecule has 1 heterocycles. The number of benzene rings is 2. The van der Waals surface area contributed by atoms with E-state index in [-0.39, 0.29) is 0 Å². The second-order valence-corrected chi connectivity index (χ2v) is 6.04. The first kappa shape index (κ1) is 14.9. The van der Waals surface area contributed by atoms with Crippen LogP contribution in [0.3, 0.4) is 0 Å². The summed E-state index contributed by atoms with van der Waals surface area (Å²) < 4.78 is 3.01. The van der Waals surface area contributed by atoms with Crippen molar-refractivity contribution < 1.29 is 0 Å². The van der Waals surface area contributed by atoms with Crippen molar-refractivity contribution in [2.45, 2.75) is 6.92 Å². The van der Waals surface area contributed by atoms with E-state index in [9.17, 15) is 0 Å². The summed E-state index contributed by atoms with van der Waals surface area (Å²) in [6.45, 7) is 2.05. The number of rotatable bonds is 3. The van der Waals surface area contributed by atoms with Gasteiger partial charge in [-0.3, -0.25) is 0 Å². The summed E-state index contributed by atoms with van der Waals surface area (Å²) in [4.78, 5) is 0. The van der Waals surface area contributed by atoms with Gasteiger partial charge in [-0.15, -0.1) is 0 Å². The van der Waals surface area contributed by atoms with Crippen molar-refractivity contribution in [2.75, 3.05) is 0 Å². The Morgan fingerprint density at radius 2 is 1.91 bits per heavy atom. The van der Waals surface area contributed by atoms with E-state index in [0.29, 0.717) is 10.6 Å². The zero-order valence-electron chi connectivity index (χ0n) is 11.8. The molecule has 0 radical (unpaired) electrons. The number of aromatic amines is 1. The molecule has 2 aromatic carbocycles. The molecule has 0 amide bonds. The third-order valence-electron chi connectivity index (χ3n) is 3.16. The predicted octanol–water partition coefficient (Wildman–Crippen LogP) is 4.56. The van der Waals surface area contributed by atoms with Crippen molar-refractivity contribution in [3.05, 3.63) is 68.9 Å². The molecule has 6 heteroatoms. The van der Waals surface area contributed by atoms with Crippen LogP contribution < -0.4 is 0 Å². The second kappa shape index (κ2) is 6.37. The van der Waals surface area contributed by atoms with Crippen molar-refractivity contribution in [3.63, 3.8) is 0 Å². The van der Waals surface area contributed by atoms with Gasteiger partial charge in [-0.05, 0) is 36.8 Å². The Morgan fingerprint density at radius 3 is 2.64 bits per heavy atom. The van der Waals surface area contributed by atoms with Crippen LogP contribution in [0.2, 0.25) is 0 Å². The fourth-order valence-corrected chi connectivity index (χ4v) is 2.63. The van der Waals surface area contributed by atoms with E-state index in [1.165, 1.54) is 5.56 Å². The monoisotopic (exact) mass is 372 g/mol. The smallest absolute Gasteiger partial charge is 0.216 e. The fourth-order valence-electron chi connectivity index (χ4n) is 1.99. The molecule has 0 saturated carbocycles. The van der Waals surface area contributed by atoms with Crippen molar-refractivity contribution in [1.29, 1.82) is 0 Å². The van der Waals surface area contributed by atoms with E-state index in [2.05, 4.69) is 38.2 Å². The molecule has 0 atom stereocenters. The summed E-state index contributed by atoms with van der Waals surface area (Å²) >= 11 is 8.80. The normalized spacial score (nSPS) is 11.2. The van der Waals surface area contributed by atoms with Crippen LogP contribution in [0.15, 0.2) is 58.1 Å². The Balaban J connectivity index is 2.02. The molecule has 0 unspecified atom stereocenters. The number of nitrogens with one attached hydrogen (secondary N) is 1. The Kier molecular flexibility index (Phi) is 4.31. The Bertz CT molecular complexity index is 878. The highest BCUT2D eigenvalue weighted by molar-refractivity contribution is 9.10. The minimum atomic E-state index is 0.453. The van der Waals surface area contributed by atoms with Gasteiger partial charge in [-0.25, -0.2) is 5.10 Å². The van der Waals surface area contributed by atoms with Gasteiger partial charge in [0.05, 0.1) is 6.21 Å². The highest BCUT2D eigenvalue weighted by Crippen LogP contribution is 2.26. The van der Waals surface area contributed by atoms with E-state index < -0.39 is 0 Å². The lowest BCUT2D eigenvalue weighted by atomic mass is 10.2. The summed E-state index contributed by atoms with van der Waals surface area (Å²) in [5.41, 5.74) is 3.15. The van der Waals surface area contributed by atoms with E-state index in [0.717, 1.165) is 15.6 Å². The van der Waals surface area contributed by atoms with E-state index in [1.807, 2.05) is 48.5 Å². The molecule has 3 rings (SSSR count). The molecule has 4 nitrogen and oxygen atoms in total. The Hall–Kier alpha value is -2.05. The van der Waals surface area contributed by atoms with Crippen LogP contribution in [-0.4, -0.2) is 21.1 Å². The van der Waals surface area contributed by atoms with Crippen LogP contribution in [0.4, 0.5) is 0 Å². The van der Waals surface area contributed by atoms with Crippen LogP contribution in [0.25, 0.3) is 11.4 Å². The van der Waals surface area contributed by atoms with Crippen molar-refractivity contribution in [1.82, 2.24) is 14.9 Å². The van der Waals surface area contributed by atoms with E-state index >= 15 is 0 Å². The van der Waals surface area contributed by atoms with Crippen LogP contribution in [0.1, 0.15) is 11.1 Å². The minimum absolute atomic E-state index is 0.453. The first-order chi connectivity index (χ1) is 10.6. The molecule has 0 bridgehead atoms. The molecule has 3 aromatic rings. The first-order valence-corrected chi connectivity index (χ1v) is 7.88. The number of aromatic nitrogens is 3. The van der Waals surface area contributed by atoms with Crippen molar-refractivity contribution in [3.8, 4) is 11.4 Å². The highest BCUT2D eigenvalue weighted by Gasteiger charge is 2.10. The van der Waals surface area contributed by atoms with Crippen LogP contribution >= 0.6 is 28.1 Å². The maximum atomic E-state index is 5.27. The molecular formula is C16H13BrN4S. The maximum Gasteiger partial charge on any atom is 0.216 e. The van der Waals surface area contributed by atoms with Gasteiger partial charge in [0.25, 0.3) is 0 Å². The number of halogens is 1. The fraction of sp³-hybridized carbons (Fsp3) is 0.0625. The molecule has 0 aliphatic rings. The molecule has 110 valence electrons. The number of hydrogen-bond donors (Lipinski definition) is 1. The number of aryl methyl sites for hydroxylation is 1. The summed E-state index contributed by atoms with van der Waals surface area (Å²) in [5, 5.41) is 11.5. The van der Waals surface area contributed by atoms with Crippen molar-refractivity contribution in [2.24, 2.45) is 5.10 Å². The Labute approximate surface area is 141 Å². The first-order valence-electron chi connectivity index (χ1n) is 6.68. The topological polar surface area (TPSA) is 46.0 Å². The molecule has 22 heavy (non-hydrogen) atoms. The molecule has 0 aliphatic heterocycles. The molecular weight excluding hydrogens is 360 g/mol. The summed E-state index contributed by atoms with van der Waals surface area (Å²) in [6.07, 6.45) is 1.77. The zero-order valence-corrected chi connectivity index (χ0v) is 14.2. The van der Waals surface area contributed by atoms with Gasteiger partial charge < -0.3 is 0 Å². The van der Waals surface area contributed by atoms with E-state index in [4.69, 9.17) is 12.2 Å².